The van der Waals surface area contributed by atoms with Crippen molar-refractivity contribution >= 4 is 25.2 Å². The van der Waals surface area contributed by atoms with Gasteiger partial charge in [0.2, 0.25) is 0 Å². The number of fused-ring (bicyclic) bond motifs is 1. The number of urea groups is 1. The van der Waals surface area contributed by atoms with Crippen LogP contribution >= 0.6 is 7.21 Å². The summed E-state index contributed by atoms with van der Waals surface area (Å²) in [4.78, 5) is 41.6. The summed E-state index contributed by atoms with van der Waals surface area (Å²) in [6.45, 7) is 0. The minimum absolute atomic E-state index is 0.0713. The van der Waals surface area contributed by atoms with Crippen molar-refractivity contribution in [1.29, 1.82) is 0 Å². The van der Waals surface area contributed by atoms with E-state index in [9.17, 15) is 14.4 Å². The zero-order chi connectivity index (χ0) is 25.8. The fourth-order valence-electron chi connectivity index (χ4n) is 6.11. The van der Waals surface area contributed by atoms with Crippen molar-refractivity contribution in [2.45, 2.75) is 5.54 Å². The molecule has 1 fully saturated rings. The molecular formula is C25H31N4O5P. The third-order valence-corrected chi connectivity index (χ3v) is 14.0. The molecule has 0 atom stereocenters. The van der Waals surface area contributed by atoms with Crippen LogP contribution in [0.15, 0.2) is 71.6 Å². The van der Waals surface area contributed by atoms with Crippen molar-refractivity contribution in [2.75, 3.05) is 49.5 Å². The molecule has 0 aromatic heterocycles. The molecule has 0 N–H and O–H groups in total. The number of methoxy groups -OCH3 is 2. The van der Waals surface area contributed by atoms with E-state index in [-0.39, 0.29) is 16.9 Å². The Morgan fingerprint density at radius 2 is 1.23 bits per heavy atom. The summed E-state index contributed by atoms with van der Waals surface area (Å²) in [6.07, 6.45) is 0. The molecule has 2 amide bonds. The van der Waals surface area contributed by atoms with Crippen LogP contribution < -0.4 is 0 Å². The molecule has 2 heterocycles. The molecule has 0 radical (unpaired) electrons. The molecule has 2 aromatic carbocycles. The van der Waals surface area contributed by atoms with Gasteiger partial charge in [0.25, 0.3) is 0 Å². The molecule has 186 valence electrons. The van der Waals surface area contributed by atoms with Gasteiger partial charge in [-0.25, -0.2) is 0 Å². The number of rotatable bonds is 6. The zero-order valence-electron chi connectivity index (χ0n) is 21.1. The molecule has 9 nitrogen and oxygen atoms in total. The fraction of sp³-hybridized carbons (Fsp3) is 0.320. The second-order valence-corrected chi connectivity index (χ2v) is 13.8. The third-order valence-electron chi connectivity index (χ3n) is 7.32. The third kappa shape index (κ3) is 2.50. The van der Waals surface area contributed by atoms with E-state index >= 15 is 0 Å². The molecule has 0 bridgehead atoms. The first kappa shape index (κ1) is 24.9. The van der Waals surface area contributed by atoms with E-state index in [4.69, 9.17) is 9.47 Å². The van der Waals surface area contributed by atoms with E-state index < -0.39 is 24.7 Å². The van der Waals surface area contributed by atoms with Crippen molar-refractivity contribution in [2.24, 2.45) is 0 Å². The van der Waals surface area contributed by atoms with E-state index in [0.29, 0.717) is 11.1 Å². The predicted octanol–water partition coefficient (Wildman–Crippen LogP) is 3.25. The van der Waals surface area contributed by atoms with Gasteiger partial charge in [-0.2, -0.15) is 0 Å². The summed E-state index contributed by atoms with van der Waals surface area (Å²) in [7, 11) is 7.31. The van der Waals surface area contributed by atoms with Crippen LogP contribution in [0.5, 0.6) is 0 Å². The summed E-state index contributed by atoms with van der Waals surface area (Å²) in [5.41, 5.74) is -0.0638. The molecule has 2 aromatic rings. The van der Waals surface area contributed by atoms with E-state index in [0.717, 1.165) is 0 Å². The molecule has 4 rings (SSSR count). The van der Waals surface area contributed by atoms with Gasteiger partial charge >= 0.3 is 205 Å². The number of hydrogen-bond donors (Lipinski definition) is 0. The normalized spacial score (nSPS) is 20.7. The van der Waals surface area contributed by atoms with Crippen LogP contribution in [0.25, 0.3) is 0 Å². The van der Waals surface area contributed by atoms with Crippen LogP contribution in [0, 0.1) is 0 Å². The second-order valence-electron chi connectivity index (χ2n) is 8.90. The summed E-state index contributed by atoms with van der Waals surface area (Å²) < 4.78 is 17.7. The fourth-order valence-corrected chi connectivity index (χ4v) is 12.9. The van der Waals surface area contributed by atoms with Crippen molar-refractivity contribution in [3.05, 3.63) is 82.7 Å². The Balaban J connectivity index is 2.37. The topological polar surface area (TPSA) is 82.6 Å². The molecule has 35 heavy (non-hydrogen) atoms. The van der Waals surface area contributed by atoms with Gasteiger partial charge < -0.3 is 0 Å². The summed E-state index contributed by atoms with van der Waals surface area (Å²) in [6, 6.07) is 18.2. The number of nitrogens with zero attached hydrogens (tertiary/aromatic N) is 4. The summed E-state index contributed by atoms with van der Waals surface area (Å²) in [5.74, 6) is -1.40. The molecule has 0 unspecified atom stereocenters. The Morgan fingerprint density at radius 1 is 0.800 bits per heavy atom. The first-order chi connectivity index (χ1) is 16.6. The number of ether oxygens (including phenoxy) is 2. The first-order valence-electron chi connectivity index (χ1n) is 11.1. The quantitative estimate of drug-likeness (QED) is 0.447. The zero-order valence-corrected chi connectivity index (χ0v) is 21.9. The average molecular weight is 499 g/mol. The Labute approximate surface area is 205 Å². The van der Waals surface area contributed by atoms with E-state index in [1.807, 2.05) is 98.2 Å². The molecular weight excluding hydrogens is 467 g/mol. The Kier molecular flexibility index (Phi) is 5.79. The van der Waals surface area contributed by atoms with Crippen molar-refractivity contribution in [3.8, 4) is 0 Å². The Hall–Kier alpha value is -3.26. The van der Waals surface area contributed by atoms with E-state index in [1.54, 1.807) is 16.4 Å². The SMILES string of the molecule is COC(=O)C1=C(C(=O)OC)P2(N(C)C)(N(C)C)N(C)C(=O)N2C1(c1ccccc1)c1ccccc1. The van der Waals surface area contributed by atoms with Gasteiger partial charge in [0.05, 0.1) is 0 Å². The monoisotopic (exact) mass is 498 g/mol. The average Bonchev–Trinajstić information content (AvgIpc) is 3.12. The van der Waals surface area contributed by atoms with Crippen molar-refractivity contribution in [1.82, 2.24) is 18.7 Å². The van der Waals surface area contributed by atoms with Gasteiger partial charge in [0.15, 0.2) is 0 Å². The molecule has 0 spiro atoms. The van der Waals surface area contributed by atoms with Crippen LogP contribution in [0.1, 0.15) is 11.1 Å². The first-order valence-corrected chi connectivity index (χ1v) is 13.1. The van der Waals surface area contributed by atoms with Gasteiger partial charge in [-0.15, -0.1) is 0 Å². The molecule has 2 aliphatic rings. The van der Waals surface area contributed by atoms with Gasteiger partial charge in [-0.05, 0) is 0 Å². The van der Waals surface area contributed by atoms with Gasteiger partial charge in [-0.1, -0.05) is 0 Å². The Bertz CT molecular complexity index is 1180. The van der Waals surface area contributed by atoms with Crippen molar-refractivity contribution in [3.63, 3.8) is 0 Å². The van der Waals surface area contributed by atoms with Crippen LogP contribution in [-0.4, -0.2) is 86.1 Å². The number of carbonyl (C=O) groups is 3. The summed E-state index contributed by atoms with van der Waals surface area (Å²) >= 11 is 0. The number of carbonyl (C=O) groups excluding carboxylic acids is 3. The molecule has 2 aliphatic heterocycles. The molecule has 10 heteroatoms. The second kappa shape index (κ2) is 8.16. The van der Waals surface area contributed by atoms with Crippen LogP contribution in [-0.2, 0) is 24.6 Å². The number of benzene rings is 2. The van der Waals surface area contributed by atoms with Gasteiger partial charge in [-0.3, -0.25) is 0 Å². The number of esters is 2. The Morgan fingerprint density at radius 3 is 1.60 bits per heavy atom. The molecule has 0 aliphatic carbocycles. The maximum absolute atomic E-state index is 14.0. The summed E-state index contributed by atoms with van der Waals surface area (Å²) in [5, 5.41) is 0.121. The van der Waals surface area contributed by atoms with Gasteiger partial charge in [0, 0.05) is 0 Å². The van der Waals surface area contributed by atoms with Crippen LogP contribution in [0.4, 0.5) is 4.79 Å². The minimum atomic E-state index is -4.18. The number of hydrogen-bond acceptors (Lipinski definition) is 7. The van der Waals surface area contributed by atoms with Crippen LogP contribution in [0.3, 0.4) is 0 Å². The van der Waals surface area contributed by atoms with Crippen molar-refractivity contribution < 1.29 is 23.9 Å². The van der Waals surface area contributed by atoms with E-state index in [1.165, 1.54) is 14.2 Å². The molecule has 0 saturated carbocycles. The van der Waals surface area contributed by atoms with E-state index in [2.05, 4.69) is 0 Å². The number of amides is 2. The van der Waals surface area contributed by atoms with Crippen LogP contribution in [0.2, 0.25) is 0 Å². The maximum atomic E-state index is 14.0. The van der Waals surface area contributed by atoms with Gasteiger partial charge in [0.1, 0.15) is 0 Å². The molecule has 1 saturated heterocycles. The standard InChI is InChI=1S/C25H31N4O5P/c1-26(2)35(27(3)4)21(23(31)34-7)20(22(30)33-6)25(18-14-10-8-11-15-18,19-16-12-9-13-17-19)29(35)24(32)28(35)5/h8-17H,1-7H3. The predicted molar refractivity (Wildman–Crippen MR) is 134 cm³/mol.